The summed E-state index contributed by atoms with van der Waals surface area (Å²) < 4.78 is 5.78. The summed E-state index contributed by atoms with van der Waals surface area (Å²) in [5, 5.41) is 1.23. The third-order valence-corrected chi connectivity index (χ3v) is 6.74. The van der Waals surface area contributed by atoms with Gasteiger partial charge in [-0.05, 0) is 45.4 Å². The van der Waals surface area contributed by atoms with E-state index in [2.05, 4.69) is 4.98 Å². The molecular formula is C20H27N3O2S. The second kappa shape index (κ2) is 7.14. The fourth-order valence-corrected chi connectivity index (χ4v) is 5.20. The predicted octanol–water partition coefficient (Wildman–Crippen LogP) is 4.46. The molecule has 2 aromatic rings. The standard InChI is InChI=1S/C20H27N3O2S/c1-12(2)18-21-13(3)17(25-18)20(24)23-10-6-7-14(11-23)19-22-15-8-4-5-9-16(15)26-19/h12,14H,4-11H2,1-3H3/t14-/m0/s1. The average Bonchev–Trinajstić information content (AvgIpc) is 3.25. The van der Waals surface area contributed by atoms with E-state index in [1.165, 1.54) is 34.8 Å². The highest BCUT2D eigenvalue weighted by molar-refractivity contribution is 7.11. The molecule has 2 aliphatic rings. The van der Waals surface area contributed by atoms with Gasteiger partial charge in [-0.3, -0.25) is 4.79 Å². The van der Waals surface area contributed by atoms with Crippen LogP contribution in [0.1, 0.15) is 89.1 Å². The molecule has 1 aliphatic heterocycles. The molecule has 3 heterocycles. The molecule has 1 fully saturated rings. The molecule has 1 amide bonds. The Morgan fingerprint density at radius 1 is 1.23 bits per heavy atom. The first-order valence-corrected chi connectivity index (χ1v) is 10.6. The molecule has 0 bridgehead atoms. The number of thiazole rings is 1. The molecule has 140 valence electrons. The zero-order valence-corrected chi connectivity index (χ0v) is 16.7. The summed E-state index contributed by atoms with van der Waals surface area (Å²) in [6.45, 7) is 7.44. The topological polar surface area (TPSA) is 59.2 Å². The number of nitrogens with zero attached hydrogens (tertiary/aromatic N) is 3. The van der Waals surface area contributed by atoms with Gasteiger partial charge in [0, 0.05) is 29.8 Å². The molecule has 1 saturated heterocycles. The van der Waals surface area contributed by atoms with E-state index in [-0.39, 0.29) is 11.8 Å². The van der Waals surface area contributed by atoms with E-state index in [0.717, 1.165) is 32.4 Å². The largest absolute Gasteiger partial charge is 0.435 e. The fourth-order valence-electron chi connectivity index (χ4n) is 3.92. The van der Waals surface area contributed by atoms with Gasteiger partial charge in [0.05, 0.1) is 16.4 Å². The van der Waals surface area contributed by atoms with Crippen LogP contribution in [0.4, 0.5) is 0 Å². The molecular weight excluding hydrogens is 346 g/mol. The van der Waals surface area contributed by atoms with Crippen LogP contribution >= 0.6 is 11.3 Å². The van der Waals surface area contributed by atoms with E-state index in [0.29, 0.717) is 23.3 Å². The maximum absolute atomic E-state index is 13.0. The number of hydrogen-bond acceptors (Lipinski definition) is 5. The molecule has 6 heteroatoms. The van der Waals surface area contributed by atoms with Crippen molar-refractivity contribution >= 4 is 17.2 Å². The number of aryl methyl sites for hydroxylation is 3. The lowest BCUT2D eigenvalue weighted by atomic mass is 9.98. The predicted molar refractivity (Wildman–Crippen MR) is 102 cm³/mol. The van der Waals surface area contributed by atoms with Crippen LogP contribution in [0.5, 0.6) is 0 Å². The Morgan fingerprint density at radius 3 is 2.77 bits per heavy atom. The van der Waals surface area contributed by atoms with E-state index in [1.807, 2.05) is 37.0 Å². The highest BCUT2D eigenvalue weighted by Crippen LogP contribution is 2.35. The van der Waals surface area contributed by atoms with E-state index >= 15 is 0 Å². The summed E-state index contributed by atoms with van der Waals surface area (Å²) in [5.41, 5.74) is 2.01. The summed E-state index contributed by atoms with van der Waals surface area (Å²) in [4.78, 5) is 25.8. The number of piperidine rings is 1. The number of aromatic nitrogens is 2. The Kier molecular flexibility index (Phi) is 4.86. The van der Waals surface area contributed by atoms with Crippen LogP contribution in [0, 0.1) is 6.92 Å². The lowest BCUT2D eigenvalue weighted by Gasteiger charge is -2.31. The van der Waals surface area contributed by atoms with E-state index in [4.69, 9.17) is 9.40 Å². The van der Waals surface area contributed by atoms with E-state index in [1.54, 1.807) is 0 Å². The van der Waals surface area contributed by atoms with Crippen LogP contribution in [0.15, 0.2) is 4.42 Å². The van der Waals surface area contributed by atoms with Crippen molar-refractivity contribution in [1.82, 2.24) is 14.9 Å². The van der Waals surface area contributed by atoms with Crippen molar-refractivity contribution < 1.29 is 9.21 Å². The number of rotatable bonds is 3. The monoisotopic (exact) mass is 373 g/mol. The number of hydrogen-bond donors (Lipinski definition) is 0. The van der Waals surface area contributed by atoms with Crippen molar-refractivity contribution in [3.63, 3.8) is 0 Å². The number of carbonyl (C=O) groups excluding carboxylic acids is 1. The number of amides is 1. The van der Waals surface area contributed by atoms with Gasteiger partial charge in [-0.25, -0.2) is 9.97 Å². The van der Waals surface area contributed by atoms with Crippen LogP contribution in [-0.2, 0) is 12.8 Å². The molecule has 26 heavy (non-hydrogen) atoms. The third-order valence-electron chi connectivity index (χ3n) is 5.42. The van der Waals surface area contributed by atoms with Crippen LogP contribution in [0.3, 0.4) is 0 Å². The summed E-state index contributed by atoms with van der Waals surface area (Å²) in [7, 11) is 0. The molecule has 4 rings (SSSR count). The van der Waals surface area contributed by atoms with Crippen LogP contribution in [-0.4, -0.2) is 33.9 Å². The molecule has 0 unspecified atom stereocenters. The van der Waals surface area contributed by atoms with Gasteiger partial charge in [0.15, 0.2) is 5.89 Å². The van der Waals surface area contributed by atoms with Gasteiger partial charge < -0.3 is 9.32 Å². The fraction of sp³-hybridized carbons (Fsp3) is 0.650. The van der Waals surface area contributed by atoms with Crippen molar-refractivity contribution in [1.29, 1.82) is 0 Å². The van der Waals surface area contributed by atoms with Crippen molar-refractivity contribution in [2.24, 2.45) is 0 Å². The molecule has 0 radical (unpaired) electrons. The molecule has 0 spiro atoms. The lowest BCUT2D eigenvalue weighted by Crippen LogP contribution is -2.39. The van der Waals surface area contributed by atoms with Gasteiger partial charge in [0.1, 0.15) is 0 Å². The van der Waals surface area contributed by atoms with Gasteiger partial charge in [0.2, 0.25) is 5.76 Å². The SMILES string of the molecule is Cc1nc(C(C)C)oc1C(=O)N1CCC[C@H](c2nc3c(s2)CCCC3)C1. The maximum Gasteiger partial charge on any atom is 0.291 e. The van der Waals surface area contributed by atoms with Gasteiger partial charge >= 0.3 is 0 Å². The molecule has 2 aromatic heterocycles. The number of oxazole rings is 1. The summed E-state index contributed by atoms with van der Waals surface area (Å²) in [5.74, 6) is 1.58. The minimum atomic E-state index is -0.0204. The Balaban J connectivity index is 1.51. The first-order valence-electron chi connectivity index (χ1n) is 9.78. The van der Waals surface area contributed by atoms with Crippen LogP contribution < -0.4 is 0 Å². The summed E-state index contributed by atoms with van der Waals surface area (Å²) in [6.07, 6.45) is 6.98. The van der Waals surface area contributed by atoms with Gasteiger partial charge in [-0.15, -0.1) is 11.3 Å². The van der Waals surface area contributed by atoms with Crippen molar-refractivity contribution in [2.45, 2.75) is 71.1 Å². The highest BCUT2D eigenvalue weighted by atomic mass is 32.1. The zero-order chi connectivity index (χ0) is 18.3. The Labute approximate surface area is 158 Å². The van der Waals surface area contributed by atoms with Crippen LogP contribution in [0.25, 0.3) is 0 Å². The molecule has 1 atom stereocenters. The van der Waals surface area contributed by atoms with Crippen LogP contribution in [0.2, 0.25) is 0 Å². The molecule has 0 N–H and O–H groups in total. The van der Waals surface area contributed by atoms with E-state index in [9.17, 15) is 4.79 Å². The molecule has 0 aromatic carbocycles. The first kappa shape index (κ1) is 17.7. The Hall–Kier alpha value is -1.69. The van der Waals surface area contributed by atoms with Gasteiger partial charge in [-0.2, -0.15) is 0 Å². The minimum Gasteiger partial charge on any atom is -0.435 e. The zero-order valence-electron chi connectivity index (χ0n) is 15.9. The second-order valence-electron chi connectivity index (χ2n) is 7.84. The third kappa shape index (κ3) is 3.31. The van der Waals surface area contributed by atoms with E-state index < -0.39 is 0 Å². The summed E-state index contributed by atoms with van der Waals surface area (Å²) in [6, 6.07) is 0. The average molecular weight is 374 g/mol. The number of likely N-dealkylation sites (tertiary alicyclic amines) is 1. The smallest absolute Gasteiger partial charge is 0.291 e. The van der Waals surface area contributed by atoms with Crippen molar-refractivity contribution in [3.05, 3.63) is 32.9 Å². The van der Waals surface area contributed by atoms with Crippen molar-refractivity contribution in [3.8, 4) is 0 Å². The van der Waals surface area contributed by atoms with Gasteiger partial charge in [0.25, 0.3) is 5.91 Å². The highest BCUT2D eigenvalue weighted by Gasteiger charge is 2.31. The summed E-state index contributed by atoms with van der Waals surface area (Å²) >= 11 is 1.88. The second-order valence-corrected chi connectivity index (χ2v) is 8.96. The Morgan fingerprint density at radius 2 is 2.04 bits per heavy atom. The molecule has 5 nitrogen and oxygen atoms in total. The van der Waals surface area contributed by atoms with Gasteiger partial charge in [-0.1, -0.05) is 13.8 Å². The molecule has 1 aliphatic carbocycles. The maximum atomic E-state index is 13.0. The lowest BCUT2D eigenvalue weighted by molar-refractivity contribution is 0.0671. The normalized spacial score (nSPS) is 20.5. The quantitative estimate of drug-likeness (QED) is 0.797. The Bertz CT molecular complexity index is 785. The number of carbonyl (C=O) groups is 1. The first-order chi connectivity index (χ1) is 12.5. The van der Waals surface area contributed by atoms with Crippen molar-refractivity contribution in [2.75, 3.05) is 13.1 Å². The molecule has 0 saturated carbocycles. The minimum absolute atomic E-state index is 0.0204. The number of fused-ring (bicyclic) bond motifs is 1.